The molecule has 1 aliphatic heterocycles. The van der Waals surface area contributed by atoms with Gasteiger partial charge in [0.15, 0.2) is 5.69 Å². The predicted molar refractivity (Wildman–Crippen MR) is 74.1 cm³/mol. The minimum absolute atomic E-state index is 0.116. The normalized spacial score (nSPS) is 14.1. The quantitative estimate of drug-likeness (QED) is 0.882. The number of fused-ring (bicyclic) bond motifs is 1. The summed E-state index contributed by atoms with van der Waals surface area (Å²) >= 11 is 1.55. The van der Waals surface area contributed by atoms with Gasteiger partial charge in [0.1, 0.15) is 10.8 Å². The number of rotatable bonds is 3. The molecular weight excluding hydrogens is 276 g/mol. The first-order valence-electron chi connectivity index (χ1n) is 6.37. The fourth-order valence-corrected chi connectivity index (χ4v) is 3.04. The second-order valence-corrected chi connectivity index (χ2v) is 5.65. The Balaban J connectivity index is 1.99. The Kier molecular flexibility index (Phi) is 3.45. The fourth-order valence-electron chi connectivity index (χ4n) is 2.27. The maximum atomic E-state index is 11.4. The third-order valence-corrected chi connectivity index (χ3v) is 4.12. The van der Waals surface area contributed by atoms with Gasteiger partial charge in [-0.2, -0.15) is 0 Å². The SMILES string of the molecule is Cc1csc(Cc2nc3c(c(C(=O)O)n2)CNCC3)n1. The maximum Gasteiger partial charge on any atom is 0.354 e. The topological polar surface area (TPSA) is 88.0 Å². The van der Waals surface area contributed by atoms with E-state index in [0.717, 1.165) is 29.4 Å². The third kappa shape index (κ3) is 2.54. The molecule has 2 N–H and O–H groups in total. The number of nitrogens with zero attached hydrogens (tertiary/aromatic N) is 3. The van der Waals surface area contributed by atoms with Crippen molar-refractivity contribution in [2.24, 2.45) is 0 Å². The second kappa shape index (κ2) is 5.26. The lowest BCUT2D eigenvalue weighted by Gasteiger charge is -2.18. The van der Waals surface area contributed by atoms with Crippen molar-refractivity contribution in [2.45, 2.75) is 26.3 Å². The molecule has 0 amide bonds. The lowest BCUT2D eigenvalue weighted by Crippen LogP contribution is -2.28. The Bertz CT molecular complexity index is 668. The van der Waals surface area contributed by atoms with Crippen molar-refractivity contribution >= 4 is 17.3 Å². The second-order valence-electron chi connectivity index (χ2n) is 4.71. The number of hydrogen-bond acceptors (Lipinski definition) is 6. The number of carboxylic acids is 1. The lowest BCUT2D eigenvalue weighted by atomic mass is 10.0. The molecule has 0 radical (unpaired) electrons. The highest BCUT2D eigenvalue weighted by Crippen LogP contribution is 2.18. The van der Waals surface area contributed by atoms with Gasteiger partial charge in [0.2, 0.25) is 0 Å². The molecule has 3 heterocycles. The van der Waals surface area contributed by atoms with E-state index in [1.807, 2.05) is 12.3 Å². The first kappa shape index (κ1) is 13.1. The zero-order valence-corrected chi connectivity index (χ0v) is 11.8. The minimum atomic E-state index is -0.996. The molecule has 6 nitrogen and oxygen atoms in total. The summed E-state index contributed by atoms with van der Waals surface area (Å²) in [5.74, 6) is -0.457. The van der Waals surface area contributed by atoms with Crippen LogP contribution in [0.25, 0.3) is 0 Å². The molecule has 0 aliphatic carbocycles. The Hall–Kier alpha value is -1.86. The summed E-state index contributed by atoms with van der Waals surface area (Å²) in [6.45, 7) is 3.27. The number of aryl methyl sites for hydroxylation is 1. The summed E-state index contributed by atoms with van der Waals surface area (Å²) in [6.07, 6.45) is 1.22. The molecule has 0 spiro atoms. The minimum Gasteiger partial charge on any atom is -0.476 e. The molecular formula is C13H14N4O2S. The van der Waals surface area contributed by atoms with E-state index in [-0.39, 0.29) is 5.69 Å². The van der Waals surface area contributed by atoms with Gasteiger partial charge < -0.3 is 10.4 Å². The summed E-state index contributed by atoms with van der Waals surface area (Å²) in [6, 6.07) is 0. The number of carbonyl (C=O) groups is 1. The molecule has 0 aromatic carbocycles. The molecule has 0 atom stereocenters. The molecule has 1 aliphatic rings. The van der Waals surface area contributed by atoms with Gasteiger partial charge in [0.05, 0.1) is 12.1 Å². The predicted octanol–water partition coefficient (Wildman–Crippen LogP) is 1.18. The molecule has 0 saturated heterocycles. The van der Waals surface area contributed by atoms with Crippen molar-refractivity contribution in [3.05, 3.63) is 38.9 Å². The van der Waals surface area contributed by atoms with Crippen LogP contribution >= 0.6 is 11.3 Å². The van der Waals surface area contributed by atoms with E-state index in [1.54, 1.807) is 11.3 Å². The average molecular weight is 290 g/mol. The van der Waals surface area contributed by atoms with Crippen molar-refractivity contribution < 1.29 is 9.90 Å². The van der Waals surface area contributed by atoms with Crippen molar-refractivity contribution in [1.29, 1.82) is 0 Å². The molecule has 0 bridgehead atoms. The van der Waals surface area contributed by atoms with E-state index in [0.29, 0.717) is 24.4 Å². The summed E-state index contributed by atoms with van der Waals surface area (Å²) in [5.41, 5.74) is 2.64. The van der Waals surface area contributed by atoms with Crippen LogP contribution in [0, 0.1) is 6.92 Å². The smallest absolute Gasteiger partial charge is 0.354 e. The molecule has 2 aromatic rings. The molecule has 3 rings (SSSR count). The number of aromatic carboxylic acids is 1. The van der Waals surface area contributed by atoms with E-state index < -0.39 is 5.97 Å². The zero-order valence-electron chi connectivity index (χ0n) is 11.0. The van der Waals surface area contributed by atoms with Crippen molar-refractivity contribution in [3.63, 3.8) is 0 Å². The number of nitrogens with one attached hydrogen (secondary N) is 1. The van der Waals surface area contributed by atoms with E-state index in [1.165, 1.54) is 0 Å². The molecule has 104 valence electrons. The van der Waals surface area contributed by atoms with Gasteiger partial charge in [0.25, 0.3) is 0 Å². The summed E-state index contributed by atoms with van der Waals surface area (Å²) in [7, 11) is 0. The van der Waals surface area contributed by atoms with Crippen molar-refractivity contribution in [3.8, 4) is 0 Å². The van der Waals surface area contributed by atoms with Crippen LogP contribution in [0.15, 0.2) is 5.38 Å². The molecule has 0 fully saturated rings. The Morgan fingerprint density at radius 1 is 1.45 bits per heavy atom. The van der Waals surface area contributed by atoms with Crippen LogP contribution in [0.2, 0.25) is 0 Å². The highest BCUT2D eigenvalue weighted by atomic mass is 32.1. The number of aromatic nitrogens is 3. The van der Waals surface area contributed by atoms with E-state index in [9.17, 15) is 9.90 Å². The van der Waals surface area contributed by atoms with Crippen LogP contribution in [0.5, 0.6) is 0 Å². The number of carboxylic acid groups (broad SMARTS) is 1. The molecule has 0 saturated carbocycles. The maximum absolute atomic E-state index is 11.4. The molecule has 2 aromatic heterocycles. The van der Waals surface area contributed by atoms with Gasteiger partial charge >= 0.3 is 5.97 Å². The highest BCUT2D eigenvalue weighted by Gasteiger charge is 2.21. The van der Waals surface area contributed by atoms with Gasteiger partial charge in [-0.25, -0.2) is 19.7 Å². The van der Waals surface area contributed by atoms with Gasteiger partial charge in [0, 0.05) is 36.1 Å². The van der Waals surface area contributed by atoms with Gasteiger partial charge in [-0.1, -0.05) is 0 Å². The van der Waals surface area contributed by atoms with E-state index in [2.05, 4.69) is 20.3 Å². The molecule has 0 unspecified atom stereocenters. The largest absolute Gasteiger partial charge is 0.476 e. The van der Waals surface area contributed by atoms with Crippen molar-refractivity contribution in [1.82, 2.24) is 20.3 Å². The Labute approximate surface area is 119 Å². The molecule has 7 heteroatoms. The Morgan fingerprint density at radius 3 is 3.00 bits per heavy atom. The number of hydrogen-bond donors (Lipinski definition) is 2. The summed E-state index contributed by atoms with van der Waals surface area (Å²) in [4.78, 5) is 24.4. The first-order chi connectivity index (χ1) is 9.63. The summed E-state index contributed by atoms with van der Waals surface area (Å²) in [5, 5.41) is 15.3. The zero-order chi connectivity index (χ0) is 14.1. The van der Waals surface area contributed by atoms with Crippen LogP contribution in [0.3, 0.4) is 0 Å². The monoisotopic (exact) mass is 290 g/mol. The van der Waals surface area contributed by atoms with Crippen LogP contribution in [-0.2, 0) is 19.4 Å². The average Bonchev–Trinajstić information content (AvgIpc) is 2.83. The van der Waals surface area contributed by atoms with Crippen molar-refractivity contribution in [2.75, 3.05) is 6.54 Å². The van der Waals surface area contributed by atoms with Crippen LogP contribution in [-0.4, -0.2) is 32.6 Å². The van der Waals surface area contributed by atoms with Gasteiger partial charge in [-0.3, -0.25) is 0 Å². The molecule has 20 heavy (non-hydrogen) atoms. The van der Waals surface area contributed by atoms with Crippen LogP contribution in [0.4, 0.5) is 0 Å². The van der Waals surface area contributed by atoms with Gasteiger partial charge in [-0.05, 0) is 6.92 Å². The Morgan fingerprint density at radius 2 is 2.30 bits per heavy atom. The van der Waals surface area contributed by atoms with E-state index >= 15 is 0 Å². The van der Waals surface area contributed by atoms with Crippen LogP contribution in [0.1, 0.15) is 38.3 Å². The first-order valence-corrected chi connectivity index (χ1v) is 7.25. The number of thiazole rings is 1. The van der Waals surface area contributed by atoms with Crippen LogP contribution < -0.4 is 5.32 Å². The highest BCUT2D eigenvalue weighted by molar-refractivity contribution is 7.09. The summed E-state index contributed by atoms with van der Waals surface area (Å²) < 4.78 is 0. The fraction of sp³-hybridized carbons (Fsp3) is 0.385. The van der Waals surface area contributed by atoms with E-state index in [4.69, 9.17) is 0 Å². The lowest BCUT2D eigenvalue weighted by molar-refractivity contribution is 0.0688. The standard InChI is InChI=1S/C13H14N4O2S/c1-7-6-20-11(15-7)4-10-16-9-2-3-14-5-8(9)12(17-10)13(18)19/h6,14H,2-5H2,1H3,(H,18,19). The third-order valence-electron chi connectivity index (χ3n) is 3.16. The van der Waals surface area contributed by atoms with Gasteiger partial charge in [-0.15, -0.1) is 11.3 Å².